The normalized spacial score (nSPS) is 10.6. The smallest absolute Gasteiger partial charge is 0.434 e. The van der Waals surface area contributed by atoms with Crippen LogP contribution in [0.4, 0.5) is 4.79 Å². The van der Waals surface area contributed by atoms with E-state index in [0.717, 1.165) is 37.8 Å². The Kier molecular flexibility index (Phi) is 9.89. The summed E-state index contributed by atoms with van der Waals surface area (Å²) in [6.45, 7) is 2.38. The third-order valence-corrected chi connectivity index (χ3v) is 3.41. The van der Waals surface area contributed by atoms with Gasteiger partial charge in [0.2, 0.25) is 0 Å². The van der Waals surface area contributed by atoms with E-state index in [4.69, 9.17) is 14.0 Å². The summed E-state index contributed by atoms with van der Waals surface area (Å²) >= 11 is 0. The summed E-state index contributed by atoms with van der Waals surface area (Å²) in [5.74, 6) is 0.149. The van der Waals surface area contributed by atoms with E-state index in [0.29, 0.717) is 6.61 Å². The molecule has 1 rings (SSSR count). The quantitative estimate of drug-likeness (QED) is 0.250. The maximum absolute atomic E-state index is 11.3. The van der Waals surface area contributed by atoms with Gasteiger partial charge in [-0.05, 0) is 30.7 Å². The predicted molar refractivity (Wildman–Crippen MR) is 72.4 cm³/mol. The Hall–Kier alpha value is -0.600. The SMILES string of the molecule is CCCCCCOC(=O)Oc1ccc(S(=O)(=O)O)cc1.[Na+]. The van der Waals surface area contributed by atoms with E-state index in [1.807, 2.05) is 0 Å². The van der Waals surface area contributed by atoms with Crippen LogP contribution in [0.5, 0.6) is 5.75 Å². The van der Waals surface area contributed by atoms with Gasteiger partial charge in [0.15, 0.2) is 0 Å². The maximum Gasteiger partial charge on any atom is 1.00 e. The van der Waals surface area contributed by atoms with Gasteiger partial charge in [0.25, 0.3) is 10.1 Å². The zero-order valence-corrected chi connectivity index (χ0v) is 15.1. The Morgan fingerprint density at radius 2 is 1.76 bits per heavy atom. The molecule has 0 aliphatic carbocycles. The number of rotatable bonds is 7. The van der Waals surface area contributed by atoms with Gasteiger partial charge in [-0.2, -0.15) is 8.42 Å². The van der Waals surface area contributed by atoms with E-state index >= 15 is 0 Å². The van der Waals surface area contributed by atoms with E-state index in [9.17, 15) is 13.2 Å². The Morgan fingerprint density at radius 1 is 1.14 bits per heavy atom. The summed E-state index contributed by atoms with van der Waals surface area (Å²) in [4.78, 5) is 11.0. The fourth-order valence-corrected chi connectivity index (χ4v) is 1.97. The van der Waals surface area contributed by atoms with Gasteiger partial charge in [-0.25, -0.2) is 4.79 Å². The van der Waals surface area contributed by atoms with Crippen LogP contribution in [0.1, 0.15) is 32.6 Å². The van der Waals surface area contributed by atoms with Gasteiger partial charge in [0, 0.05) is 0 Å². The van der Waals surface area contributed by atoms with Gasteiger partial charge in [-0.3, -0.25) is 4.55 Å². The molecule has 1 aromatic rings. The number of hydrogen-bond acceptors (Lipinski definition) is 5. The minimum Gasteiger partial charge on any atom is -0.434 e. The molecule has 0 saturated carbocycles. The number of carbonyl (C=O) groups excluding carboxylic acids is 1. The first-order valence-electron chi connectivity index (χ1n) is 6.35. The van der Waals surface area contributed by atoms with Gasteiger partial charge < -0.3 is 9.47 Å². The molecule has 6 nitrogen and oxygen atoms in total. The molecule has 0 bridgehead atoms. The van der Waals surface area contributed by atoms with E-state index in [1.54, 1.807) is 0 Å². The number of hydrogen-bond donors (Lipinski definition) is 1. The molecule has 0 unspecified atom stereocenters. The summed E-state index contributed by atoms with van der Waals surface area (Å²) in [5, 5.41) is 0. The van der Waals surface area contributed by atoms with Crippen LogP contribution in [0.2, 0.25) is 0 Å². The minimum atomic E-state index is -4.24. The van der Waals surface area contributed by atoms with Gasteiger partial charge in [0.05, 0.1) is 11.5 Å². The number of unbranched alkanes of at least 4 members (excludes halogenated alkanes) is 3. The fraction of sp³-hybridized carbons (Fsp3) is 0.462. The zero-order valence-electron chi connectivity index (χ0n) is 12.2. The van der Waals surface area contributed by atoms with Gasteiger partial charge >= 0.3 is 35.7 Å². The van der Waals surface area contributed by atoms with Crippen LogP contribution in [-0.4, -0.2) is 25.7 Å². The topological polar surface area (TPSA) is 89.9 Å². The first-order valence-corrected chi connectivity index (χ1v) is 7.79. The van der Waals surface area contributed by atoms with Crippen molar-refractivity contribution in [3.8, 4) is 5.75 Å². The maximum atomic E-state index is 11.3. The standard InChI is InChI=1S/C13H18O6S.Na/c1-2-3-4-5-10-18-13(14)19-11-6-8-12(9-7-11)20(15,16)17;/h6-9H,2-5,10H2,1H3,(H,15,16,17);/q;+1. The molecule has 1 aromatic carbocycles. The van der Waals surface area contributed by atoms with Gasteiger partial charge in [-0.1, -0.05) is 26.2 Å². The summed E-state index contributed by atoms with van der Waals surface area (Å²) in [6.07, 6.45) is 3.14. The average Bonchev–Trinajstić information content (AvgIpc) is 2.38. The van der Waals surface area contributed by atoms with E-state index in [2.05, 4.69) is 6.92 Å². The van der Waals surface area contributed by atoms with Crippen molar-refractivity contribution >= 4 is 16.3 Å². The van der Waals surface area contributed by atoms with Crippen molar-refractivity contribution < 1.29 is 56.8 Å². The third kappa shape index (κ3) is 8.43. The largest absolute Gasteiger partial charge is 1.00 e. The van der Waals surface area contributed by atoms with Gasteiger partial charge in [-0.15, -0.1) is 0 Å². The molecule has 0 aliphatic heterocycles. The van der Waals surface area contributed by atoms with Crippen LogP contribution < -0.4 is 34.3 Å². The van der Waals surface area contributed by atoms with Crippen molar-refractivity contribution in [1.82, 2.24) is 0 Å². The van der Waals surface area contributed by atoms with Crippen molar-refractivity contribution in [3.05, 3.63) is 24.3 Å². The first-order chi connectivity index (χ1) is 9.43. The second-order valence-corrected chi connectivity index (χ2v) is 5.63. The third-order valence-electron chi connectivity index (χ3n) is 2.54. The molecule has 112 valence electrons. The molecule has 0 atom stereocenters. The number of benzene rings is 1. The van der Waals surface area contributed by atoms with Crippen LogP contribution in [0.15, 0.2) is 29.2 Å². The molecule has 0 saturated heterocycles. The van der Waals surface area contributed by atoms with E-state index < -0.39 is 16.3 Å². The second kappa shape index (κ2) is 10.2. The van der Waals surface area contributed by atoms with Crippen molar-refractivity contribution in [2.75, 3.05) is 6.61 Å². The molecule has 0 fully saturated rings. The van der Waals surface area contributed by atoms with E-state index in [1.165, 1.54) is 12.1 Å². The van der Waals surface area contributed by atoms with Crippen LogP contribution in [0.3, 0.4) is 0 Å². The first kappa shape index (κ1) is 20.4. The Balaban J connectivity index is 0.00000400. The van der Waals surface area contributed by atoms with Crippen molar-refractivity contribution in [2.24, 2.45) is 0 Å². The monoisotopic (exact) mass is 325 g/mol. The molecule has 0 spiro atoms. The summed E-state index contributed by atoms with van der Waals surface area (Å²) in [6, 6.07) is 4.81. The molecule has 1 N–H and O–H groups in total. The Morgan fingerprint density at radius 3 is 2.29 bits per heavy atom. The fourth-order valence-electron chi connectivity index (χ4n) is 1.49. The molecule has 0 amide bonds. The molecule has 21 heavy (non-hydrogen) atoms. The van der Waals surface area contributed by atoms with Gasteiger partial charge in [0.1, 0.15) is 5.75 Å². The summed E-state index contributed by atoms with van der Waals surface area (Å²) in [7, 11) is -4.24. The minimum absolute atomic E-state index is 0. The van der Waals surface area contributed by atoms with Crippen molar-refractivity contribution in [2.45, 2.75) is 37.5 Å². The summed E-state index contributed by atoms with van der Waals surface area (Å²) in [5.41, 5.74) is 0. The molecule has 0 aromatic heterocycles. The molecule has 0 heterocycles. The number of carbonyl (C=O) groups is 1. The van der Waals surface area contributed by atoms with E-state index in [-0.39, 0.29) is 40.2 Å². The Labute approximate surface area is 146 Å². The molecule has 0 aliphatic rings. The second-order valence-electron chi connectivity index (χ2n) is 4.21. The number of ether oxygens (including phenoxy) is 2. The van der Waals surface area contributed by atoms with Crippen LogP contribution >= 0.6 is 0 Å². The zero-order chi connectivity index (χ0) is 15.0. The van der Waals surface area contributed by atoms with Crippen molar-refractivity contribution in [1.29, 1.82) is 0 Å². The van der Waals surface area contributed by atoms with Crippen LogP contribution in [0, 0.1) is 0 Å². The molecule has 0 radical (unpaired) electrons. The average molecular weight is 325 g/mol. The Bertz CT molecular complexity index is 526. The molecular weight excluding hydrogens is 307 g/mol. The predicted octanol–water partition coefficient (Wildman–Crippen LogP) is 0.0330. The molecular formula is C13H18NaO6S+. The van der Waals surface area contributed by atoms with Crippen LogP contribution in [0.25, 0.3) is 0 Å². The molecule has 8 heteroatoms. The van der Waals surface area contributed by atoms with Crippen LogP contribution in [-0.2, 0) is 14.9 Å². The van der Waals surface area contributed by atoms with Crippen molar-refractivity contribution in [3.63, 3.8) is 0 Å². The summed E-state index contributed by atoms with van der Waals surface area (Å²) < 4.78 is 40.1.